The van der Waals surface area contributed by atoms with Gasteiger partial charge in [-0.15, -0.1) is 0 Å². The number of aryl methyl sites for hydroxylation is 1. The number of nitrogens with two attached hydrogens (primary N) is 1. The number of aliphatic hydroxyl groups is 1. The van der Waals surface area contributed by atoms with Crippen LogP contribution in [0.15, 0.2) is 18.2 Å². The molecule has 1 aliphatic carbocycles. The second kappa shape index (κ2) is 4.15. The lowest BCUT2D eigenvalue weighted by atomic mass is 9.88. The van der Waals surface area contributed by atoms with Gasteiger partial charge in [0.25, 0.3) is 0 Å². The first-order chi connectivity index (χ1) is 7.55. The summed E-state index contributed by atoms with van der Waals surface area (Å²) in [5, 5.41) is 10.4. The van der Waals surface area contributed by atoms with Gasteiger partial charge in [0.15, 0.2) is 0 Å². The van der Waals surface area contributed by atoms with Crippen LogP contribution < -0.4 is 5.73 Å². The maximum atomic E-state index is 12.9. The number of benzene rings is 1. The third-order valence-corrected chi connectivity index (χ3v) is 3.49. The van der Waals surface area contributed by atoms with Gasteiger partial charge < -0.3 is 10.8 Å². The van der Waals surface area contributed by atoms with Gasteiger partial charge in [-0.05, 0) is 48.9 Å². The van der Waals surface area contributed by atoms with Crippen molar-refractivity contribution in [2.75, 3.05) is 6.54 Å². The van der Waals surface area contributed by atoms with Crippen LogP contribution in [0.25, 0.3) is 0 Å². The van der Waals surface area contributed by atoms with E-state index in [1.54, 1.807) is 6.07 Å². The van der Waals surface area contributed by atoms with Crippen molar-refractivity contribution < 1.29 is 9.50 Å². The highest BCUT2D eigenvalue weighted by Crippen LogP contribution is 2.41. The van der Waals surface area contributed by atoms with Gasteiger partial charge in [0.05, 0.1) is 5.60 Å². The smallest absolute Gasteiger partial charge is 0.123 e. The molecule has 1 aromatic rings. The van der Waals surface area contributed by atoms with E-state index in [0.29, 0.717) is 12.3 Å². The fourth-order valence-electron chi connectivity index (χ4n) is 2.19. The molecule has 0 heterocycles. The molecule has 0 amide bonds. The topological polar surface area (TPSA) is 46.2 Å². The number of rotatable bonds is 4. The van der Waals surface area contributed by atoms with Crippen LogP contribution in [-0.2, 0) is 6.42 Å². The third kappa shape index (κ3) is 2.25. The van der Waals surface area contributed by atoms with Gasteiger partial charge in [0.2, 0.25) is 0 Å². The van der Waals surface area contributed by atoms with E-state index in [2.05, 4.69) is 0 Å². The summed E-state index contributed by atoms with van der Waals surface area (Å²) in [6, 6.07) is 4.68. The van der Waals surface area contributed by atoms with Crippen LogP contribution in [0.5, 0.6) is 0 Å². The molecule has 3 heteroatoms. The first-order valence-corrected chi connectivity index (χ1v) is 5.72. The maximum Gasteiger partial charge on any atom is 0.123 e. The van der Waals surface area contributed by atoms with Crippen LogP contribution in [0.1, 0.15) is 24.0 Å². The number of hydrogen-bond donors (Lipinski definition) is 2. The van der Waals surface area contributed by atoms with E-state index in [1.165, 1.54) is 12.1 Å². The molecule has 2 nitrogen and oxygen atoms in total. The molecule has 1 fully saturated rings. The molecule has 1 saturated carbocycles. The minimum absolute atomic E-state index is 0.232. The highest BCUT2D eigenvalue weighted by molar-refractivity contribution is 5.28. The first-order valence-electron chi connectivity index (χ1n) is 5.72. The summed E-state index contributed by atoms with van der Waals surface area (Å²) < 4.78 is 12.9. The normalized spacial score (nSPS) is 19.5. The van der Waals surface area contributed by atoms with E-state index in [4.69, 9.17) is 5.73 Å². The van der Waals surface area contributed by atoms with E-state index in [1.807, 2.05) is 6.92 Å². The van der Waals surface area contributed by atoms with Crippen LogP contribution in [0.2, 0.25) is 0 Å². The number of halogens is 1. The van der Waals surface area contributed by atoms with Gasteiger partial charge in [0, 0.05) is 13.0 Å². The van der Waals surface area contributed by atoms with E-state index < -0.39 is 5.60 Å². The molecule has 1 aromatic carbocycles. The molecule has 0 aromatic heterocycles. The zero-order valence-corrected chi connectivity index (χ0v) is 9.54. The lowest BCUT2D eigenvalue weighted by Crippen LogP contribution is -2.42. The molecule has 88 valence electrons. The van der Waals surface area contributed by atoms with Crippen LogP contribution in [0.4, 0.5) is 4.39 Å². The largest absolute Gasteiger partial charge is 0.388 e. The molecule has 16 heavy (non-hydrogen) atoms. The summed E-state index contributed by atoms with van der Waals surface area (Å²) in [6.45, 7) is 2.14. The second-order valence-corrected chi connectivity index (χ2v) is 4.83. The Bertz CT molecular complexity index is 390. The monoisotopic (exact) mass is 223 g/mol. The Kier molecular flexibility index (Phi) is 3.00. The zero-order chi connectivity index (χ0) is 11.8. The molecule has 2 rings (SSSR count). The fraction of sp³-hybridized carbons (Fsp3) is 0.538. The average Bonchev–Trinajstić information content (AvgIpc) is 3.06. The average molecular weight is 223 g/mol. The van der Waals surface area contributed by atoms with Crippen molar-refractivity contribution in [2.45, 2.75) is 31.8 Å². The van der Waals surface area contributed by atoms with Crippen molar-refractivity contribution in [2.24, 2.45) is 11.7 Å². The molecule has 3 N–H and O–H groups in total. The minimum atomic E-state index is -0.803. The molecule has 1 atom stereocenters. The molecule has 1 aliphatic rings. The second-order valence-electron chi connectivity index (χ2n) is 4.83. The molecular weight excluding hydrogens is 205 g/mol. The number of hydrogen-bond acceptors (Lipinski definition) is 2. The predicted molar refractivity (Wildman–Crippen MR) is 61.6 cm³/mol. The highest BCUT2D eigenvalue weighted by atomic mass is 19.1. The SMILES string of the molecule is Cc1cc(F)ccc1CC(O)(CN)C1CC1. The summed E-state index contributed by atoms with van der Waals surface area (Å²) in [7, 11) is 0. The maximum absolute atomic E-state index is 12.9. The van der Waals surface area contributed by atoms with Crippen molar-refractivity contribution in [1.82, 2.24) is 0 Å². The summed E-state index contributed by atoms with van der Waals surface area (Å²) in [4.78, 5) is 0. The van der Waals surface area contributed by atoms with Gasteiger partial charge in [-0.1, -0.05) is 6.07 Å². The van der Waals surface area contributed by atoms with E-state index in [0.717, 1.165) is 24.0 Å². The first kappa shape index (κ1) is 11.6. The Hall–Kier alpha value is -0.930. The quantitative estimate of drug-likeness (QED) is 0.817. The summed E-state index contributed by atoms with van der Waals surface area (Å²) in [6.07, 6.45) is 2.63. The molecule has 1 unspecified atom stereocenters. The molecule has 0 radical (unpaired) electrons. The molecule has 0 bridgehead atoms. The van der Waals surface area contributed by atoms with E-state index >= 15 is 0 Å². The lowest BCUT2D eigenvalue weighted by Gasteiger charge is -2.27. The van der Waals surface area contributed by atoms with Crippen LogP contribution in [0, 0.1) is 18.7 Å². The van der Waals surface area contributed by atoms with Crippen molar-refractivity contribution in [3.63, 3.8) is 0 Å². The molecule has 0 aliphatic heterocycles. The minimum Gasteiger partial charge on any atom is -0.388 e. The van der Waals surface area contributed by atoms with Crippen molar-refractivity contribution >= 4 is 0 Å². The van der Waals surface area contributed by atoms with E-state index in [-0.39, 0.29) is 12.4 Å². The van der Waals surface area contributed by atoms with Crippen molar-refractivity contribution in [3.05, 3.63) is 35.1 Å². The summed E-state index contributed by atoms with van der Waals surface area (Å²) in [5.74, 6) is 0.0888. The Morgan fingerprint density at radius 1 is 1.50 bits per heavy atom. The van der Waals surface area contributed by atoms with E-state index in [9.17, 15) is 9.50 Å². The van der Waals surface area contributed by atoms with Gasteiger partial charge in [-0.2, -0.15) is 0 Å². The van der Waals surface area contributed by atoms with Gasteiger partial charge in [-0.3, -0.25) is 0 Å². The van der Waals surface area contributed by atoms with Crippen LogP contribution in [0.3, 0.4) is 0 Å². The highest BCUT2D eigenvalue weighted by Gasteiger charge is 2.42. The van der Waals surface area contributed by atoms with Gasteiger partial charge in [-0.25, -0.2) is 4.39 Å². The summed E-state index contributed by atoms with van der Waals surface area (Å²) >= 11 is 0. The Balaban J connectivity index is 2.18. The molecule has 0 spiro atoms. The zero-order valence-electron chi connectivity index (χ0n) is 9.54. The van der Waals surface area contributed by atoms with Crippen LogP contribution >= 0.6 is 0 Å². The molecule has 0 saturated heterocycles. The van der Waals surface area contributed by atoms with Crippen molar-refractivity contribution in [3.8, 4) is 0 Å². The Labute approximate surface area is 95.3 Å². The standard InChI is InChI=1S/C13H18FNO/c1-9-6-12(14)5-2-10(9)7-13(16,8-15)11-3-4-11/h2,5-6,11,16H,3-4,7-8,15H2,1H3. The van der Waals surface area contributed by atoms with Gasteiger partial charge >= 0.3 is 0 Å². The predicted octanol–water partition coefficient (Wildman–Crippen LogP) is 1.78. The van der Waals surface area contributed by atoms with Gasteiger partial charge in [0.1, 0.15) is 5.82 Å². The molecular formula is C13H18FNO. The Morgan fingerprint density at radius 3 is 2.69 bits per heavy atom. The fourth-order valence-corrected chi connectivity index (χ4v) is 2.19. The summed E-state index contributed by atoms with van der Waals surface area (Å²) in [5.41, 5.74) is 6.72. The van der Waals surface area contributed by atoms with Crippen LogP contribution in [-0.4, -0.2) is 17.3 Å². The third-order valence-electron chi connectivity index (χ3n) is 3.49. The Morgan fingerprint density at radius 2 is 2.19 bits per heavy atom. The lowest BCUT2D eigenvalue weighted by molar-refractivity contribution is 0.0265. The van der Waals surface area contributed by atoms with Crippen molar-refractivity contribution in [1.29, 1.82) is 0 Å².